The summed E-state index contributed by atoms with van der Waals surface area (Å²) >= 11 is 0. The maximum absolute atomic E-state index is 12.7. The highest BCUT2D eigenvalue weighted by Gasteiger charge is 2.31. The van der Waals surface area contributed by atoms with Gasteiger partial charge in [0.2, 0.25) is 0 Å². The van der Waals surface area contributed by atoms with Crippen molar-refractivity contribution in [2.45, 2.75) is 12.2 Å². The van der Waals surface area contributed by atoms with Crippen molar-refractivity contribution in [2.75, 3.05) is 14.1 Å². The normalized spacial score (nSPS) is 13.9. The van der Waals surface area contributed by atoms with E-state index in [0.29, 0.717) is 11.1 Å². The first-order valence-electron chi connectivity index (χ1n) is 7.03. The Hall–Kier alpha value is -1.90. The Morgan fingerprint density at radius 1 is 0.917 bits per heavy atom. The summed E-state index contributed by atoms with van der Waals surface area (Å²) in [6, 6.07) is 12.3. The Bertz CT molecular complexity index is 773. The van der Waals surface area contributed by atoms with Gasteiger partial charge in [-0.2, -0.15) is 30.6 Å². The number of nitrogens with zero attached hydrogens (tertiary/aromatic N) is 1. The van der Waals surface area contributed by atoms with Crippen LogP contribution in [0, 0.1) is 0 Å². The van der Waals surface area contributed by atoms with E-state index in [1.807, 2.05) is 0 Å². The molecule has 0 aliphatic heterocycles. The molecular formula is C16H17F3N2O2S. The number of benzene rings is 2. The standard InChI is InChI=1S/C16H17F3N2O2S/c1-21(2)24(22,23)20-15(12-6-4-3-5-7-12)13-8-10-14(11-9-13)16(17,18)19/h3-11,15,20H,1-2H3. The quantitative estimate of drug-likeness (QED) is 0.892. The molecule has 130 valence electrons. The van der Waals surface area contributed by atoms with Gasteiger partial charge in [0.1, 0.15) is 0 Å². The minimum atomic E-state index is -4.44. The van der Waals surface area contributed by atoms with Crippen LogP contribution in [-0.4, -0.2) is 26.8 Å². The predicted molar refractivity (Wildman–Crippen MR) is 85.5 cm³/mol. The fourth-order valence-corrected chi connectivity index (χ4v) is 2.87. The summed E-state index contributed by atoms with van der Waals surface area (Å²) < 4.78 is 65.9. The van der Waals surface area contributed by atoms with Gasteiger partial charge in [-0.25, -0.2) is 0 Å². The van der Waals surface area contributed by atoms with Crippen molar-refractivity contribution in [1.29, 1.82) is 0 Å². The maximum Gasteiger partial charge on any atom is 0.416 e. The first-order valence-corrected chi connectivity index (χ1v) is 8.47. The minimum Gasteiger partial charge on any atom is -0.195 e. The van der Waals surface area contributed by atoms with Crippen LogP contribution in [0.15, 0.2) is 54.6 Å². The number of hydrogen-bond acceptors (Lipinski definition) is 2. The van der Waals surface area contributed by atoms with E-state index in [9.17, 15) is 21.6 Å². The van der Waals surface area contributed by atoms with E-state index in [2.05, 4.69) is 4.72 Å². The van der Waals surface area contributed by atoms with Crippen molar-refractivity contribution < 1.29 is 21.6 Å². The highest BCUT2D eigenvalue weighted by Crippen LogP contribution is 2.31. The average Bonchev–Trinajstić information content (AvgIpc) is 2.53. The van der Waals surface area contributed by atoms with E-state index >= 15 is 0 Å². The molecule has 0 aromatic heterocycles. The number of hydrogen-bond donors (Lipinski definition) is 1. The highest BCUT2D eigenvalue weighted by molar-refractivity contribution is 7.87. The van der Waals surface area contributed by atoms with Crippen LogP contribution in [0.5, 0.6) is 0 Å². The van der Waals surface area contributed by atoms with Gasteiger partial charge in [0.05, 0.1) is 11.6 Å². The van der Waals surface area contributed by atoms with Crippen LogP contribution in [0.4, 0.5) is 13.2 Å². The van der Waals surface area contributed by atoms with Crippen molar-refractivity contribution in [1.82, 2.24) is 9.03 Å². The summed E-state index contributed by atoms with van der Waals surface area (Å²) in [4.78, 5) is 0. The van der Waals surface area contributed by atoms with E-state index in [-0.39, 0.29) is 0 Å². The SMILES string of the molecule is CN(C)S(=O)(=O)NC(c1ccccc1)c1ccc(C(F)(F)F)cc1. The van der Waals surface area contributed by atoms with Gasteiger partial charge in [0.15, 0.2) is 0 Å². The average molecular weight is 358 g/mol. The van der Waals surface area contributed by atoms with Gasteiger partial charge in [-0.05, 0) is 23.3 Å². The molecule has 0 saturated heterocycles. The minimum absolute atomic E-state index is 0.416. The monoisotopic (exact) mass is 358 g/mol. The third kappa shape index (κ3) is 4.34. The molecule has 0 bridgehead atoms. The molecular weight excluding hydrogens is 341 g/mol. The lowest BCUT2D eigenvalue weighted by molar-refractivity contribution is -0.137. The molecule has 0 amide bonds. The number of nitrogens with one attached hydrogen (secondary N) is 1. The zero-order valence-electron chi connectivity index (χ0n) is 13.1. The van der Waals surface area contributed by atoms with Crippen LogP contribution >= 0.6 is 0 Å². The number of alkyl halides is 3. The molecule has 2 aromatic rings. The Labute approximate surface area is 139 Å². The zero-order valence-corrected chi connectivity index (χ0v) is 13.9. The van der Waals surface area contributed by atoms with Crippen LogP contribution < -0.4 is 4.72 Å². The molecule has 1 unspecified atom stereocenters. The number of rotatable bonds is 5. The van der Waals surface area contributed by atoms with E-state index < -0.39 is 28.0 Å². The Balaban J connectivity index is 2.43. The molecule has 24 heavy (non-hydrogen) atoms. The molecule has 0 spiro atoms. The molecule has 0 aliphatic rings. The van der Waals surface area contributed by atoms with Crippen LogP contribution in [0.2, 0.25) is 0 Å². The fraction of sp³-hybridized carbons (Fsp3) is 0.250. The molecule has 0 heterocycles. The van der Waals surface area contributed by atoms with Crippen molar-refractivity contribution in [3.8, 4) is 0 Å². The van der Waals surface area contributed by atoms with Gasteiger partial charge < -0.3 is 0 Å². The van der Waals surface area contributed by atoms with Crippen LogP contribution in [-0.2, 0) is 16.4 Å². The predicted octanol–water partition coefficient (Wildman–Crippen LogP) is 3.19. The van der Waals surface area contributed by atoms with E-state index in [1.165, 1.54) is 26.2 Å². The smallest absolute Gasteiger partial charge is 0.195 e. The second kappa shape index (κ2) is 6.92. The number of halogens is 3. The van der Waals surface area contributed by atoms with Gasteiger partial charge in [0.25, 0.3) is 10.2 Å². The Morgan fingerprint density at radius 3 is 1.88 bits per heavy atom. The van der Waals surface area contributed by atoms with Crippen LogP contribution in [0.25, 0.3) is 0 Å². The topological polar surface area (TPSA) is 49.4 Å². The fourth-order valence-electron chi connectivity index (χ4n) is 2.09. The summed E-state index contributed by atoms with van der Waals surface area (Å²) in [6.45, 7) is 0. The van der Waals surface area contributed by atoms with Gasteiger partial charge in [-0.1, -0.05) is 42.5 Å². The van der Waals surface area contributed by atoms with Crippen molar-refractivity contribution in [2.24, 2.45) is 0 Å². The second-order valence-electron chi connectivity index (χ2n) is 5.37. The first kappa shape index (κ1) is 18.4. The summed E-state index contributed by atoms with van der Waals surface area (Å²) in [5, 5.41) is 0. The molecule has 4 nitrogen and oxygen atoms in total. The van der Waals surface area contributed by atoms with Gasteiger partial charge >= 0.3 is 6.18 Å². The summed E-state index contributed by atoms with van der Waals surface area (Å²) in [5.41, 5.74) is 0.260. The molecule has 0 fully saturated rings. The van der Waals surface area contributed by atoms with E-state index in [4.69, 9.17) is 0 Å². The third-order valence-corrected chi connectivity index (χ3v) is 4.95. The molecule has 2 rings (SSSR count). The maximum atomic E-state index is 12.7. The summed E-state index contributed by atoms with van der Waals surface area (Å²) in [6.07, 6.45) is -4.44. The van der Waals surface area contributed by atoms with Crippen LogP contribution in [0.1, 0.15) is 22.7 Å². The Kier molecular flexibility index (Phi) is 5.32. The Morgan fingerprint density at radius 2 is 1.42 bits per heavy atom. The van der Waals surface area contributed by atoms with Crippen molar-refractivity contribution in [3.63, 3.8) is 0 Å². The summed E-state index contributed by atoms with van der Waals surface area (Å²) in [7, 11) is -1.03. The van der Waals surface area contributed by atoms with Gasteiger partial charge in [-0.3, -0.25) is 0 Å². The first-order chi connectivity index (χ1) is 11.1. The highest BCUT2D eigenvalue weighted by atomic mass is 32.2. The lowest BCUT2D eigenvalue weighted by atomic mass is 9.98. The third-order valence-electron chi connectivity index (χ3n) is 3.45. The molecule has 0 aliphatic carbocycles. The zero-order chi connectivity index (χ0) is 18.0. The van der Waals surface area contributed by atoms with Gasteiger partial charge in [-0.15, -0.1) is 0 Å². The van der Waals surface area contributed by atoms with Crippen molar-refractivity contribution >= 4 is 10.2 Å². The van der Waals surface area contributed by atoms with E-state index in [1.54, 1.807) is 30.3 Å². The van der Waals surface area contributed by atoms with E-state index in [0.717, 1.165) is 16.4 Å². The molecule has 0 saturated carbocycles. The molecule has 8 heteroatoms. The molecule has 1 N–H and O–H groups in total. The van der Waals surface area contributed by atoms with Gasteiger partial charge in [0, 0.05) is 14.1 Å². The molecule has 0 radical (unpaired) electrons. The molecule has 2 aromatic carbocycles. The van der Waals surface area contributed by atoms with Crippen molar-refractivity contribution in [3.05, 3.63) is 71.3 Å². The van der Waals surface area contributed by atoms with Crippen LogP contribution in [0.3, 0.4) is 0 Å². The molecule has 1 atom stereocenters. The lowest BCUT2D eigenvalue weighted by Gasteiger charge is -2.22. The largest absolute Gasteiger partial charge is 0.416 e. The lowest BCUT2D eigenvalue weighted by Crippen LogP contribution is -2.38. The second-order valence-corrected chi connectivity index (χ2v) is 7.28. The summed E-state index contributed by atoms with van der Waals surface area (Å²) in [5.74, 6) is 0.